The van der Waals surface area contributed by atoms with Crippen LogP contribution in [0.4, 0.5) is 0 Å². The third-order valence-electron chi connectivity index (χ3n) is 1.56. The van der Waals surface area contributed by atoms with Gasteiger partial charge in [-0.25, -0.2) is 0 Å². The molecule has 74 valence electrons. The quantitative estimate of drug-likeness (QED) is 0.358. The Bertz CT molecular complexity index is 188. The maximum absolute atomic E-state index is 11.0. The van der Waals surface area contributed by atoms with Crippen molar-refractivity contribution in [2.75, 3.05) is 6.61 Å². The fourth-order valence-electron chi connectivity index (χ4n) is 0.857. The highest BCUT2D eigenvalue weighted by molar-refractivity contribution is 5.71. The van der Waals surface area contributed by atoms with E-state index in [9.17, 15) is 4.79 Å². The van der Waals surface area contributed by atoms with Crippen molar-refractivity contribution in [2.45, 2.75) is 39.5 Å². The van der Waals surface area contributed by atoms with E-state index in [-0.39, 0.29) is 5.97 Å². The fourth-order valence-corrected chi connectivity index (χ4v) is 0.857. The number of esters is 1. The van der Waals surface area contributed by atoms with E-state index < -0.39 is 0 Å². The van der Waals surface area contributed by atoms with Gasteiger partial charge in [-0.05, 0) is 25.5 Å². The second kappa shape index (κ2) is 9.08. The Kier molecular flexibility index (Phi) is 8.38. The zero-order valence-electron chi connectivity index (χ0n) is 8.51. The van der Waals surface area contributed by atoms with E-state index in [4.69, 9.17) is 4.74 Å². The minimum absolute atomic E-state index is 0.162. The van der Waals surface area contributed by atoms with E-state index in [1.807, 2.05) is 6.92 Å². The van der Waals surface area contributed by atoms with Crippen molar-refractivity contribution in [1.82, 2.24) is 0 Å². The van der Waals surface area contributed by atoms with Gasteiger partial charge in [0, 0.05) is 0 Å². The Morgan fingerprint density at radius 2 is 2.23 bits per heavy atom. The number of hydrogen-bond acceptors (Lipinski definition) is 2. The first-order chi connectivity index (χ1) is 6.31. The Morgan fingerprint density at radius 3 is 2.85 bits per heavy atom. The molecule has 0 saturated carbocycles. The number of hydrogen-bond donors (Lipinski definition) is 0. The zero-order chi connectivity index (χ0) is 9.94. The minimum Gasteiger partial charge on any atom is -0.465 e. The van der Waals surface area contributed by atoms with E-state index >= 15 is 0 Å². The van der Waals surface area contributed by atoms with Crippen LogP contribution >= 0.6 is 0 Å². The highest BCUT2D eigenvalue weighted by Crippen LogP contribution is 1.96. The Balaban J connectivity index is 3.35. The molecule has 2 nitrogen and oxygen atoms in total. The summed E-state index contributed by atoms with van der Waals surface area (Å²) in [7, 11) is 0. The third kappa shape index (κ3) is 8.90. The molecule has 0 aliphatic carbocycles. The highest BCUT2D eigenvalue weighted by Gasteiger charge is 1.97. The van der Waals surface area contributed by atoms with Crippen LogP contribution in [0.3, 0.4) is 0 Å². The maximum atomic E-state index is 11.0. The minimum atomic E-state index is -0.162. The first kappa shape index (κ1) is 12.0. The molecule has 2 heteroatoms. The average molecular weight is 182 g/mol. The van der Waals surface area contributed by atoms with Gasteiger partial charge in [-0.3, -0.25) is 4.79 Å². The maximum Gasteiger partial charge on any atom is 0.310 e. The van der Waals surface area contributed by atoms with Crippen LogP contribution in [0.25, 0.3) is 0 Å². The van der Waals surface area contributed by atoms with Crippen LogP contribution < -0.4 is 0 Å². The van der Waals surface area contributed by atoms with Gasteiger partial charge in [-0.1, -0.05) is 19.8 Å². The molecule has 0 rings (SSSR count). The van der Waals surface area contributed by atoms with Crippen molar-refractivity contribution in [3.05, 3.63) is 17.9 Å². The number of carbonyl (C=O) groups excluding carboxylic acids is 1. The molecule has 0 amide bonds. The molecule has 0 spiro atoms. The topological polar surface area (TPSA) is 26.3 Å². The summed E-state index contributed by atoms with van der Waals surface area (Å²) in [5.41, 5.74) is 2.83. The summed E-state index contributed by atoms with van der Waals surface area (Å²) in [6, 6.07) is 0. The SMILES string of the molecule is CC=C=CCC(=O)OCCCCC. The molecule has 0 radical (unpaired) electrons. The fraction of sp³-hybridized carbons (Fsp3) is 0.636. The van der Waals surface area contributed by atoms with Gasteiger partial charge in [-0.15, -0.1) is 5.73 Å². The van der Waals surface area contributed by atoms with Crippen molar-refractivity contribution in [1.29, 1.82) is 0 Å². The molecule has 0 saturated heterocycles. The van der Waals surface area contributed by atoms with E-state index in [1.165, 1.54) is 0 Å². The highest BCUT2D eigenvalue weighted by atomic mass is 16.5. The van der Waals surface area contributed by atoms with Gasteiger partial charge in [0.25, 0.3) is 0 Å². The zero-order valence-corrected chi connectivity index (χ0v) is 8.51. The molecule has 0 fully saturated rings. The molecular weight excluding hydrogens is 164 g/mol. The van der Waals surface area contributed by atoms with E-state index in [2.05, 4.69) is 12.7 Å². The molecule has 0 aromatic rings. The summed E-state index contributed by atoms with van der Waals surface area (Å²) in [6.45, 7) is 4.54. The molecule has 0 unspecified atom stereocenters. The lowest BCUT2D eigenvalue weighted by molar-refractivity contribution is -0.142. The Hall–Kier alpha value is -1.01. The third-order valence-corrected chi connectivity index (χ3v) is 1.56. The smallest absolute Gasteiger partial charge is 0.310 e. The molecule has 0 atom stereocenters. The van der Waals surface area contributed by atoms with Gasteiger partial charge in [0.05, 0.1) is 13.0 Å². The predicted octanol–water partition coefficient (Wildman–Crippen LogP) is 2.84. The molecule has 0 aromatic heterocycles. The number of carbonyl (C=O) groups is 1. The first-order valence-corrected chi connectivity index (χ1v) is 4.82. The van der Waals surface area contributed by atoms with E-state index in [0.717, 1.165) is 19.3 Å². The van der Waals surface area contributed by atoms with Gasteiger partial charge in [-0.2, -0.15) is 0 Å². The Morgan fingerprint density at radius 1 is 1.46 bits per heavy atom. The van der Waals surface area contributed by atoms with Gasteiger partial charge < -0.3 is 4.74 Å². The second-order valence-electron chi connectivity index (χ2n) is 2.79. The van der Waals surface area contributed by atoms with Crippen molar-refractivity contribution >= 4 is 5.97 Å². The van der Waals surface area contributed by atoms with Gasteiger partial charge in [0.2, 0.25) is 0 Å². The van der Waals surface area contributed by atoms with Crippen LogP contribution in [0.15, 0.2) is 17.9 Å². The summed E-state index contributed by atoms with van der Waals surface area (Å²) in [6.07, 6.45) is 7.02. The molecule has 0 bridgehead atoms. The molecule has 0 aliphatic rings. The summed E-state index contributed by atoms with van der Waals surface area (Å²) in [5, 5.41) is 0. The molecule has 0 N–H and O–H groups in total. The molecular formula is C11H18O2. The number of ether oxygens (including phenoxy) is 1. The molecule has 0 heterocycles. The van der Waals surface area contributed by atoms with Crippen molar-refractivity contribution in [3.8, 4) is 0 Å². The molecule has 0 aliphatic heterocycles. The number of rotatable bonds is 6. The lowest BCUT2D eigenvalue weighted by Crippen LogP contribution is -2.03. The van der Waals surface area contributed by atoms with Crippen LogP contribution in [0.2, 0.25) is 0 Å². The largest absolute Gasteiger partial charge is 0.465 e. The first-order valence-electron chi connectivity index (χ1n) is 4.82. The summed E-state index contributed by atoms with van der Waals surface area (Å²) in [4.78, 5) is 11.0. The van der Waals surface area contributed by atoms with Crippen molar-refractivity contribution in [2.24, 2.45) is 0 Å². The predicted molar refractivity (Wildman–Crippen MR) is 53.4 cm³/mol. The lowest BCUT2D eigenvalue weighted by atomic mass is 10.3. The van der Waals surface area contributed by atoms with E-state index in [0.29, 0.717) is 13.0 Å². The van der Waals surface area contributed by atoms with Crippen LogP contribution in [-0.2, 0) is 9.53 Å². The lowest BCUT2D eigenvalue weighted by Gasteiger charge is -2.00. The Labute approximate surface area is 80.3 Å². The monoisotopic (exact) mass is 182 g/mol. The van der Waals surface area contributed by atoms with Crippen molar-refractivity contribution in [3.63, 3.8) is 0 Å². The van der Waals surface area contributed by atoms with E-state index in [1.54, 1.807) is 12.2 Å². The van der Waals surface area contributed by atoms with Gasteiger partial charge in [0.15, 0.2) is 0 Å². The summed E-state index contributed by atoms with van der Waals surface area (Å²) >= 11 is 0. The molecule has 13 heavy (non-hydrogen) atoms. The molecule has 0 aromatic carbocycles. The summed E-state index contributed by atoms with van der Waals surface area (Å²) in [5.74, 6) is -0.162. The standard InChI is InChI=1S/C11H18O2/c1-3-5-7-9-11(12)13-10-8-6-4-2/h3,7H,4,6,8-10H2,1-2H3. The van der Waals surface area contributed by atoms with Crippen LogP contribution in [-0.4, -0.2) is 12.6 Å². The second-order valence-corrected chi connectivity index (χ2v) is 2.79. The number of unbranched alkanes of at least 4 members (excludes halogenated alkanes) is 2. The van der Waals surface area contributed by atoms with Crippen LogP contribution in [0.1, 0.15) is 39.5 Å². The van der Waals surface area contributed by atoms with Crippen molar-refractivity contribution < 1.29 is 9.53 Å². The normalized spacial score (nSPS) is 8.77. The van der Waals surface area contributed by atoms with Crippen LogP contribution in [0, 0.1) is 0 Å². The van der Waals surface area contributed by atoms with Gasteiger partial charge in [0.1, 0.15) is 0 Å². The summed E-state index contributed by atoms with van der Waals surface area (Å²) < 4.78 is 4.97. The van der Waals surface area contributed by atoms with Gasteiger partial charge >= 0.3 is 5.97 Å². The van der Waals surface area contributed by atoms with Crippen LogP contribution in [0.5, 0.6) is 0 Å². The average Bonchev–Trinajstić information content (AvgIpc) is 2.13.